The highest BCUT2D eigenvalue weighted by molar-refractivity contribution is 6.09. The SMILES string of the molecule is O=C(OC1COc2ccc3ccccc3c2-c2c(ccc3ccccc23)OC1)c1ccc(O)cc1. The number of phenols is 1. The number of aromatic hydroxyl groups is 1. The molecule has 0 fully saturated rings. The van der Waals surface area contributed by atoms with Crippen molar-refractivity contribution in [3.63, 3.8) is 0 Å². The third kappa shape index (κ3) is 3.91. The molecule has 0 spiro atoms. The Balaban J connectivity index is 1.46. The summed E-state index contributed by atoms with van der Waals surface area (Å²) in [4.78, 5) is 12.7. The van der Waals surface area contributed by atoms with E-state index in [4.69, 9.17) is 14.2 Å². The maximum Gasteiger partial charge on any atom is 0.338 e. The van der Waals surface area contributed by atoms with Crippen LogP contribution in [0.5, 0.6) is 17.2 Å². The fourth-order valence-corrected chi connectivity index (χ4v) is 4.56. The molecule has 0 amide bonds. The Morgan fingerprint density at radius 1 is 0.686 bits per heavy atom. The third-order valence-electron chi connectivity index (χ3n) is 6.26. The van der Waals surface area contributed by atoms with Crippen molar-refractivity contribution in [1.82, 2.24) is 0 Å². The lowest BCUT2D eigenvalue weighted by molar-refractivity contribution is 0.00320. The number of fused-ring (bicyclic) bond motifs is 7. The van der Waals surface area contributed by atoms with Gasteiger partial charge in [0, 0.05) is 11.1 Å². The van der Waals surface area contributed by atoms with Crippen LogP contribution in [0, 0.1) is 0 Å². The first-order chi connectivity index (χ1) is 17.2. The van der Waals surface area contributed by atoms with Crippen LogP contribution in [-0.4, -0.2) is 30.4 Å². The predicted octanol–water partition coefficient (Wildman–Crippen LogP) is 6.36. The molecule has 0 unspecified atom stereocenters. The van der Waals surface area contributed by atoms with E-state index in [0.717, 1.165) is 32.7 Å². The van der Waals surface area contributed by atoms with Crippen molar-refractivity contribution in [2.24, 2.45) is 0 Å². The highest BCUT2D eigenvalue weighted by atomic mass is 16.6. The van der Waals surface area contributed by atoms with Crippen molar-refractivity contribution >= 4 is 27.5 Å². The molecule has 5 aromatic rings. The van der Waals surface area contributed by atoms with Crippen LogP contribution in [0.1, 0.15) is 10.4 Å². The highest BCUT2D eigenvalue weighted by Gasteiger charge is 2.25. The van der Waals surface area contributed by atoms with Gasteiger partial charge in [-0.2, -0.15) is 0 Å². The van der Waals surface area contributed by atoms with Gasteiger partial charge >= 0.3 is 5.97 Å². The standard InChI is InChI=1S/C30H22O5/c31-22-13-9-21(10-14-22)30(32)35-23-17-33-26-15-11-19-5-1-3-7-24(19)28(26)29-25-8-4-2-6-20(25)12-16-27(29)34-18-23/h1-16,23,31H,17-18H2. The maximum absolute atomic E-state index is 12.7. The molecule has 0 saturated carbocycles. The molecule has 0 radical (unpaired) electrons. The van der Waals surface area contributed by atoms with Crippen LogP contribution >= 0.6 is 0 Å². The van der Waals surface area contributed by atoms with Crippen LogP contribution in [0.15, 0.2) is 97.1 Å². The maximum atomic E-state index is 12.7. The molecule has 5 nitrogen and oxygen atoms in total. The minimum atomic E-state index is -0.631. The molecule has 1 N–H and O–H groups in total. The number of rotatable bonds is 2. The van der Waals surface area contributed by atoms with Gasteiger partial charge in [0.15, 0.2) is 6.10 Å². The summed E-state index contributed by atoms with van der Waals surface area (Å²) >= 11 is 0. The molecule has 35 heavy (non-hydrogen) atoms. The molecule has 5 aromatic carbocycles. The van der Waals surface area contributed by atoms with E-state index < -0.39 is 12.1 Å². The average molecular weight is 463 g/mol. The van der Waals surface area contributed by atoms with Gasteiger partial charge in [-0.15, -0.1) is 0 Å². The normalized spacial score (nSPS) is 13.5. The van der Waals surface area contributed by atoms with E-state index in [-0.39, 0.29) is 19.0 Å². The predicted molar refractivity (Wildman–Crippen MR) is 135 cm³/mol. The van der Waals surface area contributed by atoms with E-state index in [1.54, 1.807) is 0 Å². The van der Waals surface area contributed by atoms with Crippen LogP contribution in [-0.2, 0) is 4.74 Å². The molecule has 1 heterocycles. The van der Waals surface area contributed by atoms with E-state index in [1.165, 1.54) is 24.3 Å². The molecule has 0 bridgehead atoms. The zero-order valence-electron chi connectivity index (χ0n) is 18.8. The van der Waals surface area contributed by atoms with Gasteiger partial charge in [-0.1, -0.05) is 60.7 Å². The van der Waals surface area contributed by atoms with E-state index in [9.17, 15) is 9.90 Å². The molecule has 172 valence electrons. The molecular formula is C30H22O5. The van der Waals surface area contributed by atoms with E-state index in [1.807, 2.05) is 48.5 Å². The number of ether oxygens (including phenoxy) is 3. The summed E-state index contributed by atoms with van der Waals surface area (Å²) in [7, 11) is 0. The Kier molecular flexibility index (Phi) is 5.23. The van der Waals surface area contributed by atoms with Gasteiger partial charge in [0.1, 0.15) is 30.5 Å². The minimum Gasteiger partial charge on any atom is -0.508 e. The Morgan fingerprint density at radius 2 is 1.20 bits per heavy atom. The van der Waals surface area contributed by atoms with Gasteiger partial charge in [-0.25, -0.2) is 4.79 Å². The second-order valence-electron chi connectivity index (χ2n) is 8.52. The van der Waals surface area contributed by atoms with Crippen molar-refractivity contribution < 1.29 is 24.1 Å². The second kappa shape index (κ2) is 8.69. The molecular weight excluding hydrogens is 440 g/mol. The van der Waals surface area contributed by atoms with Crippen molar-refractivity contribution in [3.05, 3.63) is 103 Å². The summed E-state index contributed by atoms with van der Waals surface area (Å²) in [5.41, 5.74) is 2.27. The fraction of sp³-hybridized carbons (Fsp3) is 0.100. The molecule has 0 saturated heterocycles. The first kappa shape index (κ1) is 21.1. The zero-order chi connectivity index (χ0) is 23.8. The van der Waals surface area contributed by atoms with Crippen molar-refractivity contribution in [2.75, 3.05) is 13.2 Å². The lowest BCUT2D eigenvalue weighted by atomic mass is 9.92. The summed E-state index contributed by atoms with van der Waals surface area (Å²) < 4.78 is 18.3. The summed E-state index contributed by atoms with van der Waals surface area (Å²) in [6, 6.07) is 30.4. The van der Waals surface area contributed by atoms with Gasteiger partial charge < -0.3 is 19.3 Å². The van der Waals surface area contributed by atoms with Gasteiger partial charge in [-0.3, -0.25) is 0 Å². The number of hydrogen-bond acceptors (Lipinski definition) is 5. The largest absolute Gasteiger partial charge is 0.508 e. The molecule has 6 rings (SSSR count). The molecule has 0 aromatic heterocycles. The summed E-state index contributed by atoms with van der Waals surface area (Å²) in [5.74, 6) is 0.997. The molecule has 0 atom stereocenters. The van der Waals surface area contributed by atoms with Crippen LogP contribution in [0.25, 0.3) is 32.7 Å². The zero-order valence-corrected chi connectivity index (χ0v) is 18.8. The summed E-state index contributed by atoms with van der Waals surface area (Å²) in [6.45, 7) is 0.280. The van der Waals surface area contributed by atoms with Crippen LogP contribution in [0.4, 0.5) is 0 Å². The van der Waals surface area contributed by atoms with Crippen molar-refractivity contribution in [1.29, 1.82) is 0 Å². The van der Waals surface area contributed by atoms with E-state index in [0.29, 0.717) is 17.1 Å². The topological polar surface area (TPSA) is 65.0 Å². The van der Waals surface area contributed by atoms with Crippen LogP contribution < -0.4 is 9.47 Å². The Morgan fingerprint density at radius 3 is 1.74 bits per heavy atom. The quantitative estimate of drug-likeness (QED) is 0.309. The minimum absolute atomic E-state index is 0.0864. The second-order valence-corrected chi connectivity index (χ2v) is 8.52. The van der Waals surface area contributed by atoms with Crippen LogP contribution in [0.2, 0.25) is 0 Å². The lowest BCUT2D eigenvalue weighted by Crippen LogP contribution is -2.31. The van der Waals surface area contributed by atoms with Gasteiger partial charge in [-0.05, 0) is 57.9 Å². The molecule has 1 aliphatic heterocycles. The van der Waals surface area contributed by atoms with Crippen molar-refractivity contribution in [3.8, 4) is 28.4 Å². The Bertz CT molecular complexity index is 1470. The molecule has 0 aliphatic carbocycles. The first-order valence-electron chi connectivity index (χ1n) is 11.5. The first-order valence-corrected chi connectivity index (χ1v) is 11.5. The van der Waals surface area contributed by atoms with Crippen molar-refractivity contribution in [2.45, 2.75) is 6.10 Å². The number of esters is 1. The number of benzene rings is 5. The number of carbonyl (C=O) groups excluding carboxylic acids is 1. The monoisotopic (exact) mass is 462 g/mol. The Hall–Kier alpha value is -4.51. The Labute approximate surface area is 202 Å². The third-order valence-corrected chi connectivity index (χ3v) is 6.26. The smallest absolute Gasteiger partial charge is 0.338 e. The lowest BCUT2D eigenvalue weighted by Gasteiger charge is -2.18. The number of carbonyl (C=O) groups is 1. The van der Waals surface area contributed by atoms with E-state index in [2.05, 4.69) is 24.3 Å². The molecule has 5 heteroatoms. The summed E-state index contributed by atoms with van der Waals surface area (Å²) in [6.07, 6.45) is -0.631. The molecule has 1 aliphatic rings. The van der Waals surface area contributed by atoms with Gasteiger partial charge in [0.2, 0.25) is 0 Å². The number of hydrogen-bond donors (Lipinski definition) is 1. The van der Waals surface area contributed by atoms with E-state index >= 15 is 0 Å². The number of phenolic OH excluding ortho intramolecular Hbond substituents is 1. The van der Waals surface area contributed by atoms with Gasteiger partial charge in [0.25, 0.3) is 0 Å². The average Bonchev–Trinajstić information content (AvgIpc) is 2.97. The summed E-state index contributed by atoms with van der Waals surface area (Å²) in [5, 5.41) is 13.8. The fourth-order valence-electron chi connectivity index (χ4n) is 4.56. The highest BCUT2D eigenvalue weighted by Crippen LogP contribution is 2.46. The van der Waals surface area contributed by atoms with Gasteiger partial charge in [0.05, 0.1) is 5.56 Å². The van der Waals surface area contributed by atoms with Crippen LogP contribution in [0.3, 0.4) is 0 Å².